The molecule has 0 fully saturated rings. The number of carbonyl (C=O) groups excluding carboxylic acids is 1. The molecule has 1 amide bonds. The molecule has 0 aliphatic carbocycles. The van der Waals surface area contributed by atoms with Gasteiger partial charge < -0.3 is 25.0 Å². The second-order valence-corrected chi connectivity index (χ2v) is 6.50. The lowest BCUT2D eigenvalue weighted by molar-refractivity contribution is -0.139. The van der Waals surface area contributed by atoms with Crippen molar-refractivity contribution in [2.45, 2.75) is 38.8 Å². The molecule has 1 unspecified atom stereocenters. The molecule has 0 saturated heterocycles. The maximum Gasteiger partial charge on any atom is 0.408 e. The Morgan fingerprint density at radius 3 is 2.43 bits per heavy atom. The number of hydrogen-bond donors (Lipinski definition) is 3. The zero-order valence-electron chi connectivity index (χ0n) is 12.8. The van der Waals surface area contributed by atoms with Crippen molar-refractivity contribution in [3.63, 3.8) is 0 Å². The molecule has 0 aliphatic rings. The molecule has 0 bridgehead atoms. The second-order valence-electron chi connectivity index (χ2n) is 5.27. The van der Waals surface area contributed by atoms with Gasteiger partial charge in [-0.2, -0.15) is 11.8 Å². The fourth-order valence-corrected chi connectivity index (χ4v) is 2.14. The lowest BCUT2D eigenvalue weighted by atomic mass is 10.2. The van der Waals surface area contributed by atoms with Crippen LogP contribution in [0.3, 0.4) is 0 Å². The van der Waals surface area contributed by atoms with Crippen molar-refractivity contribution in [2.24, 2.45) is 0 Å². The third-order valence-corrected chi connectivity index (χ3v) is 3.13. The normalized spacial score (nSPS) is 12.8. The average molecular weight is 323 g/mol. The number of ether oxygens (including phenoxy) is 2. The molecule has 21 heavy (non-hydrogen) atoms. The fraction of sp³-hybridized carbons (Fsp3) is 0.846. The van der Waals surface area contributed by atoms with Crippen molar-refractivity contribution in [3.8, 4) is 0 Å². The van der Waals surface area contributed by atoms with Crippen LogP contribution in [-0.2, 0) is 14.3 Å². The molecule has 0 radical (unpaired) electrons. The first-order valence-electron chi connectivity index (χ1n) is 6.75. The van der Waals surface area contributed by atoms with E-state index in [1.807, 2.05) is 0 Å². The first-order valence-corrected chi connectivity index (χ1v) is 7.90. The lowest BCUT2D eigenvalue weighted by Gasteiger charge is -2.21. The first-order chi connectivity index (χ1) is 9.76. The summed E-state index contributed by atoms with van der Waals surface area (Å²) in [5.41, 5.74) is -0.661. The van der Waals surface area contributed by atoms with Crippen LogP contribution in [0.4, 0.5) is 4.79 Å². The topological polar surface area (TPSA) is 105 Å². The molecule has 0 heterocycles. The number of alkyl carbamates (subject to hydrolysis) is 1. The number of rotatable bonds is 10. The van der Waals surface area contributed by atoms with Gasteiger partial charge in [0.2, 0.25) is 0 Å². The van der Waals surface area contributed by atoms with E-state index >= 15 is 0 Å². The van der Waals surface area contributed by atoms with E-state index in [0.717, 1.165) is 0 Å². The van der Waals surface area contributed by atoms with E-state index in [-0.39, 0.29) is 6.61 Å². The Morgan fingerprint density at radius 1 is 1.24 bits per heavy atom. The van der Waals surface area contributed by atoms with E-state index < -0.39 is 23.7 Å². The molecular formula is C13H25NO6S. The van der Waals surface area contributed by atoms with E-state index in [2.05, 4.69) is 5.32 Å². The van der Waals surface area contributed by atoms with Gasteiger partial charge in [-0.05, 0) is 32.9 Å². The van der Waals surface area contributed by atoms with Crippen LogP contribution < -0.4 is 5.32 Å². The number of aliphatic hydroxyl groups excluding tert-OH is 1. The van der Waals surface area contributed by atoms with Gasteiger partial charge in [-0.1, -0.05) is 0 Å². The van der Waals surface area contributed by atoms with E-state index in [4.69, 9.17) is 19.7 Å². The average Bonchev–Trinajstić information content (AvgIpc) is 2.33. The fourth-order valence-electron chi connectivity index (χ4n) is 1.29. The predicted molar refractivity (Wildman–Crippen MR) is 80.6 cm³/mol. The minimum Gasteiger partial charge on any atom is -0.480 e. The molecule has 0 aromatic rings. The Morgan fingerprint density at radius 2 is 1.90 bits per heavy atom. The summed E-state index contributed by atoms with van der Waals surface area (Å²) in [6.45, 7) is 5.94. The second kappa shape index (κ2) is 10.7. The summed E-state index contributed by atoms with van der Waals surface area (Å²) in [6.07, 6.45) is -0.426. The summed E-state index contributed by atoms with van der Waals surface area (Å²) in [6, 6.07) is -0.967. The molecule has 0 saturated carbocycles. The zero-order chi connectivity index (χ0) is 16.3. The number of thioether (sulfide) groups is 1. The van der Waals surface area contributed by atoms with Gasteiger partial charge in [-0.3, -0.25) is 0 Å². The maximum atomic E-state index is 11.5. The number of carboxylic acids is 1. The molecule has 0 aromatic heterocycles. The number of nitrogens with one attached hydrogen (secondary N) is 1. The summed E-state index contributed by atoms with van der Waals surface area (Å²) >= 11 is 1.53. The number of aliphatic hydroxyl groups is 1. The molecule has 0 aliphatic heterocycles. The van der Waals surface area contributed by atoms with Crippen molar-refractivity contribution >= 4 is 23.8 Å². The molecule has 8 heteroatoms. The molecule has 1 atom stereocenters. The smallest absolute Gasteiger partial charge is 0.408 e. The van der Waals surface area contributed by atoms with Crippen LogP contribution in [0.1, 0.15) is 27.2 Å². The van der Waals surface area contributed by atoms with Crippen LogP contribution >= 0.6 is 11.8 Å². The Labute approximate surface area is 129 Å². The first kappa shape index (κ1) is 20.0. The van der Waals surface area contributed by atoms with Crippen LogP contribution in [-0.4, -0.2) is 65.2 Å². The Kier molecular flexibility index (Phi) is 10.2. The van der Waals surface area contributed by atoms with E-state index in [1.165, 1.54) is 11.8 Å². The van der Waals surface area contributed by atoms with Crippen LogP contribution in [0.5, 0.6) is 0 Å². The highest BCUT2D eigenvalue weighted by Crippen LogP contribution is 2.09. The van der Waals surface area contributed by atoms with Crippen molar-refractivity contribution in [3.05, 3.63) is 0 Å². The zero-order valence-corrected chi connectivity index (χ0v) is 13.6. The van der Waals surface area contributed by atoms with Gasteiger partial charge in [0.25, 0.3) is 0 Å². The summed E-state index contributed by atoms with van der Waals surface area (Å²) in [4.78, 5) is 22.6. The van der Waals surface area contributed by atoms with Crippen LogP contribution in [0.15, 0.2) is 0 Å². The Bertz CT molecular complexity index is 318. The van der Waals surface area contributed by atoms with Gasteiger partial charge in [0, 0.05) is 5.75 Å². The van der Waals surface area contributed by atoms with Crippen LogP contribution in [0.25, 0.3) is 0 Å². The Balaban J connectivity index is 3.93. The van der Waals surface area contributed by atoms with E-state index in [1.54, 1.807) is 20.8 Å². The van der Waals surface area contributed by atoms with Crippen molar-refractivity contribution in [2.75, 3.05) is 31.3 Å². The number of aliphatic carboxylic acids is 1. The molecule has 3 N–H and O–H groups in total. The summed E-state index contributed by atoms with van der Waals surface area (Å²) in [5.74, 6) is 0.201. The summed E-state index contributed by atoms with van der Waals surface area (Å²) in [7, 11) is 0. The largest absolute Gasteiger partial charge is 0.480 e. The van der Waals surface area contributed by atoms with Gasteiger partial charge in [0.05, 0.1) is 19.8 Å². The molecule has 7 nitrogen and oxygen atoms in total. The summed E-state index contributed by atoms with van der Waals surface area (Å²) < 4.78 is 10.1. The molecule has 0 aromatic carbocycles. The van der Waals surface area contributed by atoms with Crippen molar-refractivity contribution in [1.29, 1.82) is 0 Å². The quantitative estimate of drug-likeness (QED) is 0.517. The van der Waals surface area contributed by atoms with Gasteiger partial charge >= 0.3 is 12.1 Å². The van der Waals surface area contributed by atoms with Gasteiger partial charge in [-0.25, -0.2) is 9.59 Å². The summed E-state index contributed by atoms with van der Waals surface area (Å²) in [5, 5.41) is 19.9. The molecule has 124 valence electrons. The number of hydrogen-bond acceptors (Lipinski definition) is 6. The highest BCUT2D eigenvalue weighted by Gasteiger charge is 2.23. The highest BCUT2D eigenvalue weighted by molar-refractivity contribution is 7.99. The predicted octanol–water partition coefficient (Wildman–Crippen LogP) is 1.10. The van der Waals surface area contributed by atoms with E-state index in [9.17, 15) is 9.59 Å². The lowest BCUT2D eigenvalue weighted by Crippen LogP contribution is -2.43. The molecular weight excluding hydrogens is 298 g/mol. The highest BCUT2D eigenvalue weighted by atomic mass is 32.2. The van der Waals surface area contributed by atoms with Crippen LogP contribution in [0.2, 0.25) is 0 Å². The Hall–Kier alpha value is -0.990. The third kappa shape index (κ3) is 12.5. The van der Waals surface area contributed by atoms with Crippen molar-refractivity contribution < 1.29 is 29.3 Å². The monoisotopic (exact) mass is 323 g/mol. The minimum atomic E-state index is -1.09. The number of carboxylic acid groups (broad SMARTS) is 1. The SMILES string of the molecule is CC(C)(C)OC(=O)NC(CCSCCOCCO)C(=O)O. The third-order valence-electron chi connectivity index (χ3n) is 2.15. The van der Waals surface area contributed by atoms with Gasteiger partial charge in [0.1, 0.15) is 11.6 Å². The molecule has 0 spiro atoms. The van der Waals surface area contributed by atoms with Crippen molar-refractivity contribution in [1.82, 2.24) is 5.32 Å². The van der Waals surface area contributed by atoms with Gasteiger partial charge in [-0.15, -0.1) is 0 Å². The maximum absolute atomic E-state index is 11.5. The van der Waals surface area contributed by atoms with Gasteiger partial charge in [0.15, 0.2) is 0 Å². The van der Waals surface area contributed by atoms with Crippen LogP contribution in [0, 0.1) is 0 Å². The molecule has 0 rings (SSSR count). The van der Waals surface area contributed by atoms with E-state index in [0.29, 0.717) is 31.1 Å². The standard InChI is InChI=1S/C13H25NO6S/c1-13(2,3)20-12(18)14-10(11(16)17)4-8-21-9-7-19-6-5-15/h10,15H,4-9H2,1-3H3,(H,14,18)(H,16,17). The number of carbonyl (C=O) groups is 2. The minimum absolute atomic E-state index is 0.00837. The number of amides is 1.